The molecule has 138 valence electrons. The number of hydrogen-bond acceptors (Lipinski definition) is 2. The van der Waals surface area contributed by atoms with Gasteiger partial charge in [-0.15, -0.1) is 0 Å². The summed E-state index contributed by atoms with van der Waals surface area (Å²) in [6.45, 7) is 4.89. The highest BCUT2D eigenvalue weighted by Gasteiger charge is 2.41. The first-order valence-electron chi connectivity index (χ1n) is 8.52. The first kappa shape index (κ1) is 18.5. The van der Waals surface area contributed by atoms with Gasteiger partial charge in [0.25, 0.3) is 0 Å². The third-order valence-corrected chi connectivity index (χ3v) is 5.79. The molecule has 2 heterocycles. The third kappa shape index (κ3) is 4.11. The van der Waals surface area contributed by atoms with Crippen LogP contribution < -0.4 is 0 Å². The van der Waals surface area contributed by atoms with E-state index in [0.717, 1.165) is 51.5 Å². The summed E-state index contributed by atoms with van der Waals surface area (Å²) in [5.41, 5.74) is -0.245. The summed E-state index contributed by atoms with van der Waals surface area (Å²) in [5.74, 6) is 0.0958. The first-order chi connectivity index (χ1) is 11.7. The molecule has 2 fully saturated rings. The van der Waals surface area contributed by atoms with E-state index in [2.05, 4.69) is 4.90 Å². The van der Waals surface area contributed by atoms with Crippen molar-refractivity contribution in [3.8, 4) is 0 Å². The number of carbonyl (C=O) groups is 1. The highest BCUT2D eigenvalue weighted by Crippen LogP contribution is 2.42. The third-order valence-electron chi connectivity index (χ3n) is 5.55. The molecule has 0 unspecified atom stereocenters. The summed E-state index contributed by atoms with van der Waals surface area (Å²) in [5, 5.41) is 0.326. The van der Waals surface area contributed by atoms with Crippen molar-refractivity contribution in [3.05, 3.63) is 34.3 Å². The lowest BCUT2D eigenvalue weighted by Crippen LogP contribution is -2.43. The van der Waals surface area contributed by atoms with Crippen LogP contribution in [0.25, 0.3) is 0 Å². The van der Waals surface area contributed by atoms with Gasteiger partial charge in [0.05, 0.1) is 5.56 Å². The number of piperidine rings is 1. The topological polar surface area (TPSA) is 23.6 Å². The molecule has 2 aliphatic heterocycles. The molecular weight excluding hydrogens is 353 g/mol. The summed E-state index contributed by atoms with van der Waals surface area (Å²) in [6.07, 6.45) is -1.56. The number of halogens is 4. The molecule has 0 saturated carbocycles. The number of benzene rings is 1. The first-order valence-corrected chi connectivity index (χ1v) is 8.90. The van der Waals surface area contributed by atoms with Crippen molar-refractivity contribution in [1.29, 1.82) is 0 Å². The van der Waals surface area contributed by atoms with E-state index < -0.39 is 11.7 Å². The highest BCUT2D eigenvalue weighted by atomic mass is 35.5. The van der Waals surface area contributed by atoms with Gasteiger partial charge in [0.1, 0.15) is 0 Å². The normalized spacial score (nSPS) is 21.1. The maximum atomic E-state index is 13.2. The number of alkyl halides is 3. The van der Waals surface area contributed by atoms with Gasteiger partial charge in [0, 0.05) is 38.1 Å². The molecule has 0 aliphatic carbocycles. The molecule has 3 rings (SSSR count). The Balaban J connectivity index is 1.68. The number of rotatable bonds is 2. The summed E-state index contributed by atoms with van der Waals surface area (Å²) in [4.78, 5) is 15.4. The standard InChI is InChI=1S/C18H22ClF3N2O/c1-13(25)24-8-5-17(6-9-24)4-7-23(12-17)11-14-10-15(19)2-3-16(14)18(20,21)22/h2-3,10H,4-9,11-12H2,1H3. The maximum Gasteiger partial charge on any atom is 0.416 e. The molecule has 25 heavy (non-hydrogen) atoms. The molecule has 1 aromatic carbocycles. The van der Waals surface area contributed by atoms with E-state index in [1.165, 1.54) is 12.1 Å². The van der Waals surface area contributed by atoms with Gasteiger partial charge in [-0.05, 0) is 55.0 Å². The second-order valence-corrected chi connectivity index (χ2v) is 7.70. The Morgan fingerprint density at radius 2 is 1.84 bits per heavy atom. The van der Waals surface area contributed by atoms with Crippen LogP contribution >= 0.6 is 11.6 Å². The zero-order chi connectivity index (χ0) is 18.2. The molecule has 1 amide bonds. The van der Waals surface area contributed by atoms with Crippen molar-refractivity contribution in [3.63, 3.8) is 0 Å². The Morgan fingerprint density at radius 3 is 2.44 bits per heavy atom. The molecule has 0 bridgehead atoms. The minimum absolute atomic E-state index is 0.0958. The predicted octanol–water partition coefficient (Wildman–Crippen LogP) is 4.19. The molecule has 0 radical (unpaired) electrons. The fraction of sp³-hybridized carbons (Fsp3) is 0.611. The Morgan fingerprint density at radius 1 is 1.20 bits per heavy atom. The molecule has 0 N–H and O–H groups in total. The molecule has 0 atom stereocenters. The molecule has 2 aliphatic rings. The monoisotopic (exact) mass is 374 g/mol. The van der Waals surface area contributed by atoms with Crippen molar-refractivity contribution < 1.29 is 18.0 Å². The Hall–Kier alpha value is -1.27. The maximum absolute atomic E-state index is 13.2. The van der Waals surface area contributed by atoms with Crippen LogP contribution in [0.4, 0.5) is 13.2 Å². The van der Waals surface area contributed by atoms with Crippen molar-refractivity contribution in [1.82, 2.24) is 9.80 Å². The van der Waals surface area contributed by atoms with E-state index in [1.807, 2.05) is 4.90 Å². The van der Waals surface area contributed by atoms with Crippen LogP contribution in [-0.2, 0) is 17.5 Å². The van der Waals surface area contributed by atoms with E-state index >= 15 is 0 Å². The van der Waals surface area contributed by atoms with Crippen molar-refractivity contribution >= 4 is 17.5 Å². The van der Waals surface area contributed by atoms with E-state index in [1.54, 1.807) is 6.92 Å². The van der Waals surface area contributed by atoms with Gasteiger partial charge in [-0.1, -0.05) is 11.6 Å². The summed E-state index contributed by atoms with van der Waals surface area (Å²) in [6, 6.07) is 3.78. The molecular formula is C18H22ClF3N2O. The average Bonchev–Trinajstić information content (AvgIpc) is 2.89. The predicted molar refractivity (Wildman–Crippen MR) is 90.3 cm³/mol. The summed E-state index contributed by atoms with van der Waals surface area (Å²) >= 11 is 5.92. The minimum atomic E-state index is -4.37. The van der Waals surface area contributed by atoms with Gasteiger partial charge in [-0.3, -0.25) is 9.69 Å². The lowest BCUT2D eigenvalue weighted by molar-refractivity contribution is -0.138. The van der Waals surface area contributed by atoms with E-state index in [9.17, 15) is 18.0 Å². The molecule has 3 nitrogen and oxygen atoms in total. The lowest BCUT2D eigenvalue weighted by Gasteiger charge is -2.39. The van der Waals surface area contributed by atoms with Gasteiger partial charge in [-0.25, -0.2) is 0 Å². The van der Waals surface area contributed by atoms with Crippen LogP contribution in [0.5, 0.6) is 0 Å². The lowest BCUT2D eigenvalue weighted by atomic mass is 9.78. The van der Waals surface area contributed by atoms with Crippen LogP contribution in [0.15, 0.2) is 18.2 Å². The van der Waals surface area contributed by atoms with Gasteiger partial charge in [0.15, 0.2) is 0 Å². The van der Waals surface area contributed by atoms with Crippen LogP contribution in [0, 0.1) is 5.41 Å². The fourth-order valence-corrected chi connectivity index (χ4v) is 4.27. The highest BCUT2D eigenvalue weighted by molar-refractivity contribution is 6.30. The SMILES string of the molecule is CC(=O)N1CCC2(CCN(Cc3cc(Cl)ccc3C(F)(F)F)C2)CC1. The number of nitrogens with zero attached hydrogens (tertiary/aromatic N) is 2. The van der Waals surface area contributed by atoms with E-state index in [-0.39, 0.29) is 23.4 Å². The Kier molecular flexibility index (Phi) is 5.04. The number of amides is 1. The molecule has 2 saturated heterocycles. The second kappa shape index (κ2) is 6.80. The average molecular weight is 375 g/mol. The van der Waals surface area contributed by atoms with Gasteiger partial charge in [0.2, 0.25) is 5.91 Å². The number of likely N-dealkylation sites (tertiary alicyclic amines) is 2. The van der Waals surface area contributed by atoms with Gasteiger partial charge >= 0.3 is 6.18 Å². The molecule has 1 aromatic rings. The number of hydrogen-bond donors (Lipinski definition) is 0. The van der Waals surface area contributed by atoms with Gasteiger partial charge in [-0.2, -0.15) is 13.2 Å². The smallest absolute Gasteiger partial charge is 0.343 e. The molecule has 7 heteroatoms. The van der Waals surface area contributed by atoms with E-state index in [4.69, 9.17) is 11.6 Å². The van der Waals surface area contributed by atoms with Crippen molar-refractivity contribution in [2.45, 2.75) is 38.9 Å². The summed E-state index contributed by atoms with van der Waals surface area (Å²) < 4.78 is 39.7. The van der Waals surface area contributed by atoms with E-state index in [0.29, 0.717) is 5.02 Å². The summed E-state index contributed by atoms with van der Waals surface area (Å²) in [7, 11) is 0. The number of carbonyl (C=O) groups excluding carboxylic acids is 1. The van der Waals surface area contributed by atoms with Gasteiger partial charge < -0.3 is 4.90 Å². The Labute approximate surface area is 150 Å². The second-order valence-electron chi connectivity index (χ2n) is 7.27. The molecule has 1 spiro atoms. The van der Waals surface area contributed by atoms with Crippen LogP contribution in [0.3, 0.4) is 0 Å². The van der Waals surface area contributed by atoms with Crippen molar-refractivity contribution in [2.75, 3.05) is 26.2 Å². The quantitative estimate of drug-likeness (QED) is 0.774. The van der Waals surface area contributed by atoms with Crippen LogP contribution in [0.1, 0.15) is 37.3 Å². The fourth-order valence-electron chi connectivity index (χ4n) is 4.08. The Bertz CT molecular complexity index is 654. The minimum Gasteiger partial charge on any atom is -0.343 e. The van der Waals surface area contributed by atoms with Crippen molar-refractivity contribution in [2.24, 2.45) is 5.41 Å². The van der Waals surface area contributed by atoms with Crippen LogP contribution in [-0.4, -0.2) is 41.9 Å². The largest absolute Gasteiger partial charge is 0.416 e. The zero-order valence-corrected chi connectivity index (χ0v) is 15.0. The molecule has 0 aromatic heterocycles. The van der Waals surface area contributed by atoms with Crippen LogP contribution in [0.2, 0.25) is 5.02 Å². The zero-order valence-electron chi connectivity index (χ0n) is 14.2.